The second-order valence-electron chi connectivity index (χ2n) is 2.40. The van der Waals surface area contributed by atoms with Gasteiger partial charge in [0.25, 0.3) is 0 Å². The van der Waals surface area contributed by atoms with Gasteiger partial charge in [0.2, 0.25) is 0 Å². The Balaban J connectivity index is 2.84. The van der Waals surface area contributed by atoms with Crippen LogP contribution in [-0.2, 0) is 9.53 Å². The molecule has 0 aliphatic heterocycles. The van der Waals surface area contributed by atoms with Gasteiger partial charge in [0.05, 0.1) is 13.7 Å². The van der Waals surface area contributed by atoms with Crippen molar-refractivity contribution in [1.29, 1.82) is 0 Å². The monoisotopic (exact) mass is 248 g/mol. The van der Waals surface area contributed by atoms with Crippen LogP contribution < -0.4 is 0 Å². The third-order valence-electron chi connectivity index (χ3n) is 1.61. The second-order valence-corrected chi connectivity index (χ2v) is 3.18. The summed E-state index contributed by atoms with van der Waals surface area (Å²) in [6, 6.07) is 3.27. The summed E-state index contributed by atoms with van der Waals surface area (Å²) in [5, 5.41) is 8.91. The fourth-order valence-electron chi connectivity index (χ4n) is 0.938. The Hall–Kier alpha value is -0.810. The summed E-state index contributed by atoms with van der Waals surface area (Å²) in [6.07, 6.45) is 0. The fraction of sp³-hybridized carbons (Fsp3) is 0.375. The average Bonchev–Trinajstić information content (AvgIpc) is 2.53. The van der Waals surface area contributed by atoms with E-state index in [1.54, 1.807) is 12.1 Å². The maximum Gasteiger partial charge on any atom is 0.318 e. The molecule has 1 atom stereocenters. The minimum Gasteiger partial charge on any atom is -0.468 e. The van der Waals surface area contributed by atoms with E-state index in [2.05, 4.69) is 20.7 Å². The van der Waals surface area contributed by atoms with Crippen LogP contribution in [-0.4, -0.2) is 24.8 Å². The lowest BCUT2D eigenvalue weighted by molar-refractivity contribution is -0.143. The molecule has 0 spiro atoms. The van der Waals surface area contributed by atoms with Crippen molar-refractivity contribution in [3.05, 3.63) is 22.6 Å². The topological polar surface area (TPSA) is 59.7 Å². The van der Waals surface area contributed by atoms with Crippen LogP contribution in [0.5, 0.6) is 0 Å². The third-order valence-corrected chi connectivity index (χ3v) is 2.03. The van der Waals surface area contributed by atoms with Crippen LogP contribution in [0, 0.1) is 0 Å². The smallest absolute Gasteiger partial charge is 0.318 e. The molecular weight excluding hydrogens is 240 g/mol. The van der Waals surface area contributed by atoms with Gasteiger partial charge in [-0.1, -0.05) is 0 Å². The summed E-state index contributed by atoms with van der Waals surface area (Å²) in [7, 11) is 1.27. The predicted octanol–water partition coefficient (Wildman–Crippen LogP) is 1.29. The molecule has 1 aromatic rings. The van der Waals surface area contributed by atoms with Crippen LogP contribution in [0.3, 0.4) is 0 Å². The van der Waals surface area contributed by atoms with Gasteiger partial charge in [-0.25, -0.2) is 0 Å². The number of aliphatic hydroxyl groups is 1. The SMILES string of the molecule is COC(=O)C(CO)c1ccc(Br)o1. The zero-order valence-corrected chi connectivity index (χ0v) is 8.58. The summed E-state index contributed by atoms with van der Waals surface area (Å²) in [5.74, 6) is -0.859. The Morgan fingerprint density at radius 3 is 2.85 bits per heavy atom. The Labute approximate surface area is 83.6 Å². The van der Waals surface area contributed by atoms with Gasteiger partial charge in [0.1, 0.15) is 11.7 Å². The van der Waals surface area contributed by atoms with Crippen molar-refractivity contribution >= 4 is 21.9 Å². The van der Waals surface area contributed by atoms with Crippen LogP contribution in [0.25, 0.3) is 0 Å². The molecule has 0 bridgehead atoms. The van der Waals surface area contributed by atoms with Crippen molar-refractivity contribution in [3.63, 3.8) is 0 Å². The molecule has 1 aromatic heterocycles. The first-order valence-corrected chi connectivity index (χ1v) is 4.42. The van der Waals surface area contributed by atoms with Crippen molar-refractivity contribution in [3.8, 4) is 0 Å². The van der Waals surface area contributed by atoms with Gasteiger partial charge in [-0.3, -0.25) is 4.79 Å². The van der Waals surface area contributed by atoms with E-state index in [9.17, 15) is 4.79 Å². The number of hydrogen-bond donors (Lipinski definition) is 1. The Morgan fingerprint density at radius 2 is 2.46 bits per heavy atom. The van der Waals surface area contributed by atoms with Gasteiger partial charge in [-0.05, 0) is 28.1 Å². The predicted molar refractivity (Wildman–Crippen MR) is 48.3 cm³/mol. The van der Waals surface area contributed by atoms with E-state index in [0.29, 0.717) is 10.4 Å². The maximum atomic E-state index is 11.1. The number of methoxy groups -OCH3 is 1. The molecule has 1 N–H and O–H groups in total. The molecule has 0 amide bonds. The van der Waals surface area contributed by atoms with Crippen molar-refractivity contribution in [1.82, 2.24) is 0 Å². The van der Waals surface area contributed by atoms with Crippen LogP contribution in [0.1, 0.15) is 11.7 Å². The van der Waals surface area contributed by atoms with Gasteiger partial charge < -0.3 is 14.3 Å². The molecule has 13 heavy (non-hydrogen) atoms. The summed E-state index contributed by atoms with van der Waals surface area (Å²) in [6.45, 7) is -0.327. The Bertz CT molecular complexity index is 294. The van der Waals surface area contributed by atoms with Gasteiger partial charge in [-0.15, -0.1) is 0 Å². The molecule has 0 aliphatic rings. The first kappa shape index (κ1) is 10.3. The number of halogens is 1. The summed E-state index contributed by atoms with van der Waals surface area (Å²) < 4.78 is 10.1. The van der Waals surface area contributed by atoms with E-state index in [4.69, 9.17) is 9.52 Å². The molecule has 4 nitrogen and oxygen atoms in total. The number of hydrogen-bond acceptors (Lipinski definition) is 4. The highest BCUT2D eigenvalue weighted by Gasteiger charge is 2.23. The number of rotatable bonds is 3. The molecule has 1 rings (SSSR count). The molecule has 1 heterocycles. The summed E-state index contributed by atoms with van der Waals surface area (Å²) in [4.78, 5) is 11.1. The van der Waals surface area contributed by atoms with Gasteiger partial charge >= 0.3 is 5.97 Å². The van der Waals surface area contributed by atoms with Gasteiger partial charge in [0, 0.05) is 0 Å². The van der Waals surface area contributed by atoms with Crippen LogP contribution in [0.4, 0.5) is 0 Å². The molecule has 0 aromatic carbocycles. The highest BCUT2D eigenvalue weighted by atomic mass is 79.9. The van der Waals surface area contributed by atoms with Crippen molar-refractivity contribution in [2.75, 3.05) is 13.7 Å². The molecule has 0 aliphatic carbocycles. The number of aliphatic hydroxyl groups excluding tert-OH is 1. The summed E-state index contributed by atoms with van der Waals surface area (Å²) >= 11 is 3.10. The van der Waals surface area contributed by atoms with E-state index in [1.165, 1.54) is 7.11 Å². The molecule has 0 fully saturated rings. The minimum atomic E-state index is -0.740. The number of esters is 1. The molecule has 0 saturated carbocycles. The third kappa shape index (κ3) is 2.32. The number of carbonyl (C=O) groups is 1. The zero-order chi connectivity index (χ0) is 9.84. The van der Waals surface area contributed by atoms with Crippen molar-refractivity contribution in [2.45, 2.75) is 5.92 Å². The van der Waals surface area contributed by atoms with Crippen LogP contribution in [0.15, 0.2) is 21.2 Å². The summed E-state index contributed by atoms with van der Waals surface area (Å²) in [5.41, 5.74) is 0. The number of furan rings is 1. The van der Waals surface area contributed by atoms with Gasteiger partial charge in [-0.2, -0.15) is 0 Å². The minimum absolute atomic E-state index is 0.327. The first-order valence-electron chi connectivity index (χ1n) is 3.63. The largest absolute Gasteiger partial charge is 0.468 e. The lowest BCUT2D eigenvalue weighted by Gasteiger charge is -2.07. The second kappa shape index (κ2) is 4.43. The normalized spacial score (nSPS) is 12.5. The maximum absolute atomic E-state index is 11.1. The standard InChI is InChI=1S/C8H9BrO4/c1-12-8(11)5(4-10)6-2-3-7(9)13-6/h2-3,5,10H,4H2,1H3. The first-order chi connectivity index (χ1) is 6.19. The fourth-order valence-corrected chi connectivity index (χ4v) is 1.26. The van der Waals surface area contributed by atoms with E-state index >= 15 is 0 Å². The van der Waals surface area contributed by atoms with Gasteiger partial charge in [0.15, 0.2) is 4.67 Å². The van der Waals surface area contributed by atoms with E-state index in [0.717, 1.165) is 0 Å². The average molecular weight is 249 g/mol. The lowest BCUT2D eigenvalue weighted by atomic mass is 10.1. The highest BCUT2D eigenvalue weighted by molar-refractivity contribution is 9.10. The number of carbonyl (C=O) groups excluding carboxylic acids is 1. The molecule has 1 unspecified atom stereocenters. The molecule has 0 saturated heterocycles. The zero-order valence-electron chi connectivity index (χ0n) is 6.99. The van der Waals surface area contributed by atoms with E-state index in [1.807, 2.05) is 0 Å². The highest BCUT2D eigenvalue weighted by Crippen LogP contribution is 2.22. The quantitative estimate of drug-likeness (QED) is 0.820. The van der Waals surface area contributed by atoms with Crippen molar-refractivity contribution < 1.29 is 19.1 Å². The Kier molecular flexibility index (Phi) is 3.50. The van der Waals surface area contributed by atoms with Crippen LogP contribution >= 0.6 is 15.9 Å². The number of ether oxygens (including phenoxy) is 1. The molecule has 72 valence electrons. The van der Waals surface area contributed by atoms with E-state index < -0.39 is 11.9 Å². The Morgan fingerprint density at radius 1 is 1.77 bits per heavy atom. The van der Waals surface area contributed by atoms with Crippen LogP contribution in [0.2, 0.25) is 0 Å². The molecule has 5 heteroatoms. The molecular formula is C8H9BrO4. The van der Waals surface area contributed by atoms with Crippen molar-refractivity contribution in [2.24, 2.45) is 0 Å². The lowest BCUT2D eigenvalue weighted by Crippen LogP contribution is -2.17. The molecule has 0 radical (unpaired) electrons. The van der Waals surface area contributed by atoms with E-state index in [-0.39, 0.29) is 6.61 Å².